The molecule has 0 amide bonds. The molecule has 0 unspecified atom stereocenters. The molecule has 0 fully saturated rings. The first-order valence-electron chi connectivity index (χ1n) is 8.36. The maximum atomic E-state index is 9.60. The van der Waals surface area contributed by atoms with Gasteiger partial charge in [-0.05, 0) is 27.2 Å². The molecule has 0 atom stereocenters. The summed E-state index contributed by atoms with van der Waals surface area (Å²) in [6.07, 6.45) is 0.479. The van der Waals surface area contributed by atoms with Crippen molar-refractivity contribution in [2.45, 2.75) is 27.2 Å². The highest BCUT2D eigenvalue weighted by Gasteiger charge is 2.02. The number of aliphatic hydroxyl groups excluding tert-OH is 3. The van der Waals surface area contributed by atoms with Crippen LogP contribution in [0.4, 0.5) is 0 Å². The summed E-state index contributed by atoms with van der Waals surface area (Å²) in [5.41, 5.74) is 0.528. The highest BCUT2D eigenvalue weighted by molar-refractivity contribution is 7.81. The van der Waals surface area contributed by atoms with Crippen molar-refractivity contribution in [1.82, 2.24) is 0 Å². The number of aliphatic hydroxyl groups is 3. The Morgan fingerprint density at radius 2 is 0.903 bits per heavy atom. The summed E-state index contributed by atoms with van der Waals surface area (Å²) in [6, 6.07) is 0. The third-order valence-electron chi connectivity index (χ3n) is 2.28. The lowest BCUT2D eigenvalue weighted by Crippen LogP contribution is -2.12. The molecule has 7 N–H and O–H groups in total. The van der Waals surface area contributed by atoms with Gasteiger partial charge >= 0.3 is 23.9 Å². The van der Waals surface area contributed by atoms with Crippen LogP contribution in [-0.4, -0.2) is 85.2 Å². The van der Waals surface area contributed by atoms with Gasteiger partial charge in [0.15, 0.2) is 0 Å². The summed E-state index contributed by atoms with van der Waals surface area (Å²) in [5.74, 6) is -3.91. The van der Waals surface area contributed by atoms with Gasteiger partial charge in [0.05, 0.1) is 5.75 Å². The molecule has 0 aromatic heterocycles. The number of aliphatic carboxylic acids is 4. The summed E-state index contributed by atoms with van der Waals surface area (Å²) < 4.78 is 0. The summed E-state index contributed by atoms with van der Waals surface area (Å²) in [6.45, 7) is 13.7. The molecular weight excluding hydrogens is 436 g/mol. The second kappa shape index (κ2) is 27.3. The second-order valence-electron chi connectivity index (χ2n) is 5.55. The number of rotatable bonds is 8. The minimum absolute atomic E-state index is 0.0335. The summed E-state index contributed by atoms with van der Waals surface area (Å²) in [4.78, 5) is 38.1. The van der Waals surface area contributed by atoms with E-state index in [1.54, 1.807) is 0 Å². The Hall–Kier alpha value is -2.67. The molecule has 0 heterocycles. The lowest BCUT2D eigenvalue weighted by molar-refractivity contribution is -0.134. The van der Waals surface area contributed by atoms with Gasteiger partial charge in [0, 0.05) is 42.5 Å². The molecule has 0 bridgehead atoms. The molecule has 0 rings (SSSR count). The van der Waals surface area contributed by atoms with Gasteiger partial charge in [-0.2, -0.15) is 12.6 Å². The number of carboxylic acid groups (broad SMARTS) is 4. The monoisotopic (exact) mass is 470 g/mol. The zero-order valence-electron chi connectivity index (χ0n) is 17.9. The fourth-order valence-electron chi connectivity index (χ4n) is 0.423. The normalized spacial score (nSPS) is 8.26. The topological polar surface area (TPSA) is 210 Å². The van der Waals surface area contributed by atoms with Crippen molar-refractivity contribution in [1.29, 1.82) is 0 Å². The van der Waals surface area contributed by atoms with Crippen molar-refractivity contribution >= 4 is 36.5 Å². The minimum atomic E-state index is -0.935. The summed E-state index contributed by atoms with van der Waals surface area (Å²) in [5, 5.41) is 56.4. The van der Waals surface area contributed by atoms with E-state index in [1.807, 2.05) is 0 Å². The lowest BCUT2D eigenvalue weighted by atomic mass is 10.1. The molecule has 0 spiro atoms. The average Bonchev–Trinajstić information content (AvgIpc) is 2.67. The van der Waals surface area contributed by atoms with Gasteiger partial charge < -0.3 is 35.7 Å². The molecule has 0 aliphatic rings. The van der Waals surface area contributed by atoms with E-state index in [-0.39, 0.29) is 48.2 Å². The molecule has 0 aromatic carbocycles. The first kappa shape index (κ1) is 38.9. The zero-order chi connectivity index (χ0) is 26.2. The predicted molar refractivity (Wildman–Crippen MR) is 118 cm³/mol. The molecule has 11 nitrogen and oxygen atoms in total. The lowest BCUT2D eigenvalue weighted by Gasteiger charge is -2.06. The van der Waals surface area contributed by atoms with Crippen molar-refractivity contribution in [2.75, 3.05) is 25.6 Å². The highest BCUT2D eigenvalue weighted by Crippen LogP contribution is 1.97. The van der Waals surface area contributed by atoms with Crippen LogP contribution in [0, 0.1) is 5.92 Å². The highest BCUT2D eigenvalue weighted by atomic mass is 32.1. The van der Waals surface area contributed by atoms with E-state index in [2.05, 4.69) is 32.4 Å². The van der Waals surface area contributed by atoms with Crippen LogP contribution in [0.3, 0.4) is 0 Å². The van der Waals surface area contributed by atoms with Gasteiger partial charge in [-0.25, -0.2) is 14.4 Å². The number of hydrogen-bond donors (Lipinski definition) is 8. The zero-order valence-corrected chi connectivity index (χ0v) is 18.8. The third-order valence-corrected chi connectivity index (χ3v) is 2.55. The summed E-state index contributed by atoms with van der Waals surface area (Å²) >= 11 is 3.42. The van der Waals surface area contributed by atoms with E-state index in [0.717, 1.165) is 0 Å². The van der Waals surface area contributed by atoms with Gasteiger partial charge in [-0.1, -0.05) is 19.7 Å². The van der Waals surface area contributed by atoms with Crippen molar-refractivity contribution in [3.05, 3.63) is 36.5 Å². The summed E-state index contributed by atoms with van der Waals surface area (Å²) in [7, 11) is 0. The van der Waals surface area contributed by atoms with Crippen LogP contribution < -0.4 is 0 Å². The first-order valence-corrected chi connectivity index (χ1v) is 9.00. The standard InChI is InChI=1S/C5H12O3.3C4H6O2.C2H4O2S/c6-2-1-5(3-7)4-8;3*1-3(2)4(5)6;3-2(4)1-5/h5-8H,1-4H2;3*1H2,2H3,(H,5,6);5H,1H2,(H,3,4). The average molecular weight is 471 g/mol. The first-order chi connectivity index (χ1) is 14.0. The van der Waals surface area contributed by atoms with Gasteiger partial charge in [-0.3, -0.25) is 4.79 Å². The quantitative estimate of drug-likeness (QED) is 0.184. The van der Waals surface area contributed by atoms with E-state index in [0.29, 0.717) is 6.42 Å². The Labute approximate surface area is 187 Å². The van der Waals surface area contributed by atoms with E-state index >= 15 is 0 Å². The van der Waals surface area contributed by atoms with Crippen LogP contribution in [0.1, 0.15) is 27.2 Å². The Bertz CT molecular complexity index is 474. The molecule has 31 heavy (non-hydrogen) atoms. The van der Waals surface area contributed by atoms with Crippen molar-refractivity contribution in [2.24, 2.45) is 5.92 Å². The van der Waals surface area contributed by atoms with Crippen LogP contribution in [-0.2, 0) is 19.2 Å². The molecule has 0 aliphatic heterocycles. The number of thiol groups is 1. The van der Waals surface area contributed by atoms with Gasteiger partial charge in [0.2, 0.25) is 0 Å². The predicted octanol–water partition coefficient (Wildman–Crippen LogP) is 0.912. The van der Waals surface area contributed by atoms with Crippen LogP contribution in [0.15, 0.2) is 36.5 Å². The maximum Gasteiger partial charge on any atom is 0.330 e. The number of carboxylic acids is 4. The SMILES string of the molecule is C=C(C)C(=O)O.C=C(C)C(=O)O.C=C(C)C(=O)O.O=C(O)CS.OCCC(CO)CO. The molecule has 0 aromatic rings. The van der Waals surface area contributed by atoms with E-state index in [1.165, 1.54) is 20.8 Å². The van der Waals surface area contributed by atoms with E-state index in [9.17, 15) is 19.2 Å². The number of hydrogen-bond acceptors (Lipinski definition) is 8. The van der Waals surface area contributed by atoms with Crippen molar-refractivity contribution in [3.8, 4) is 0 Å². The molecule has 0 saturated heterocycles. The molecule has 12 heteroatoms. The van der Waals surface area contributed by atoms with Crippen LogP contribution >= 0.6 is 12.6 Å². The smallest absolute Gasteiger partial charge is 0.330 e. The maximum absolute atomic E-state index is 9.60. The largest absolute Gasteiger partial charge is 0.481 e. The molecule has 0 radical (unpaired) electrons. The van der Waals surface area contributed by atoms with Gasteiger partial charge in [-0.15, -0.1) is 0 Å². The van der Waals surface area contributed by atoms with Crippen LogP contribution in [0.25, 0.3) is 0 Å². The van der Waals surface area contributed by atoms with Gasteiger partial charge in [0.25, 0.3) is 0 Å². The Kier molecular flexibility index (Phi) is 34.3. The van der Waals surface area contributed by atoms with E-state index < -0.39 is 23.9 Å². The minimum Gasteiger partial charge on any atom is -0.481 e. The molecule has 182 valence electrons. The molecule has 0 aliphatic carbocycles. The van der Waals surface area contributed by atoms with E-state index in [4.69, 9.17) is 35.7 Å². The Balaban J connectivity index is -0.0000000917. The fourth-order valence-corrected chi connectivity index (χ4v) is 0.423. The second-order valence-corrected chi connectivity index (χ2v) is 5.87. The fraction of sp³-hybridized carbons (Fsp3) is 0.474. The number of carbonyl (C=O) groups is 4. The third kappa shape index (κ3) is 52.2. The van der Waals surface area contributed by atoms with Gasteiger partial charge in [0.1, 0.15) is 0 Å². The van der Waals surface area contributed by atoms with Crippen molar-refractivity contribution in [3.63, 3.8) is 0 Å². The Morgan fingerprint density at radius 3 is 0.935 bits per heavy atom. The van der Waals surface area contributed by atoms with Crippen molar-refractivity contribution < 1.29 is 54.9 Å². The molecular formula is C19H34O11S. The Morgan fingerprint density at radius 1 is 0.710 bits per heavy atom. The van der Waals surface area contributed by atoms with Crippen LogP contribution in [0.5, 0.6) is 0 Å². The molecule has 0 saturated carbocycles. The van der Waals surface area contributed by atoms with Crippen LogP contribution in [0.2, 0.25) is 0 Å².